The fourth-order valence-corrected chi connectivity index (χ4v) is 1.26. The Hall–Kier alpha value is -1.37. The lowest BCUT2D eigenvalue weighted by Gasteiger charge is -2.14. The molecule has 7 heteroatoms. The van der Waals surface area contributed by atoms with Crippen molar-refractivity contribution < 1.29 is 13.2 Å². The van der Waals surface area contributed by atoms with E-state index in [1.165, 1.54) is 0 Å². The molecule has 1 heterocycles. The lowest BCUT2D eigenvalue weighted by atomic mass is 10.2. The first kappa shape index (κ1) is 12.7. The number of aromatic nitrogens is 2. The first-order valence-corrected chi connectivity index (χ1v) is 4.73. The second kappa shape index (κ2) is 4.65. The van der Waals surface area contributed by atoms with E-state index in [9.17, 15) is 18.0 Å². The van der Waals surface area contributed by atoms with E-state index in [2.05, 4.69) is 5.10 Å². The summed E-state index contributed by atoms with van der Waals surface area (Å²) in [7, 11) is 0. The average Bonchev–Trinajstić information content (AvgIpc) is 2.16. The highest BCUT2D eigenvalue weighted by molar-refractivity contribution is 5.04. The van der Waals surface area contributed by atoms with Gasteiger partial charge in [0.1, 0.15) is 0 Å². The summed E-state index contributed by atoms with van der Waals surface area (Å²) < 4.78 is 37.9. The van der Waals surface area contributed by atoms with Gasteiger partial charge in [-0.25, -0.2) is 4.68 Å². The maximum Gasteiger partial charge on any atom is 0.435 e. The molecule has 1 rings (SSSR count). The van der Waals surface area contributed by atoms with Crippen molar-refractivity contribution in [2.24, 2.45) is 5.73 Å². The van der Waals surface area contributed by atoms with Gasteiger partial charge in [0.15, 0.2) is 5.69 Å². The second-order valence-corrected chi connectivity index (χ2v) is 3.43. The Morgan fingerprint density at radius 1 is 1.50 bits per heavy atom. The van der Waals surface area contributed by atoms with Crippen LogP contribution in [0.4, 0.5) is 13.2 Å². The molecule has 0 fully saturated rings. The van der Waals surface area contributed by atoms with Crippen LogP contribution in [-0.4, -0.2) is 16.3 Å². The third-order valence-electron chi connectivity index (χ3n) is 2.12. The molecule has 1 atom stereocenters. The largest absolute Gasteiger partial charge is 0.435 e. The van der Waals surface area contributed by atoms with Crippen LogP contribution in [0.5, 0.6) is 0 Å². The smallest absolute Gasteiger partial charge is 0.330 e. The Morgan fingerprint density at radius 3 is 2.62 bits per heavy atom. The Kier molecular flexibility index (Phi) is 3.69. The van der Waals surface area contributed by atoms with Gasteiger partial charge in [-0.05, 0) is 26.0 Å². The highest BCUT2D eigenvalue weighted by Gasteiger charge is 2.33. The Balaban J connectivity index is 3.14. The van der Waals surface area contributed by atoms with Crippen LogP contribution in [0.3, 0.4) is 0 Å². The van der Waals surface area contributed by atoms with Crippen molar-refractivity contribution in [3.05, 3.63) is 28.2 Å². The minimum atomic E-state index is -4.54. The highest BCUT2D eigenvalue weighted by Crippen LogP contribution is 2.26. The van der Waals surface area contributed by atoms with Gasteiger partial charge in [-0.3, -0.25) is 4.79 Å². The van der Waals surface area contributed by atoms with Crippen LogP contribution in [-0.2, 0) is 6.18 Å². The summed E-state index contributed by atoms with van der Waals surface area (Å²) in [5.74, 6) is 0. The molecule has 1 aromatic rings. The minimum absolute atomic E-state index is 0.283. The molecule has 16 heavy (non-hydrogen) atoms. The van der Waals surface area contributed by atoms with Crippen molar-refractivity contribution >= 4 is 0 Å². The van der Waals surface area contributed by atoms with E-state index in [1.54, 1.807) is 6.92 Å². The standard InChI is InChI=1S/C9H12F3N3O/c1-6(4-5-13)15-8(16)3-2-7(14-15)9(10,11)12/h2-3,6H,4-5,13H2,1H3/t6-/m0/s1. The van der Waals surface area contributed by atoms with Crippen LogP contribution < -0.4 is 11.3 Å². The lowest BCUT2D eigenvalue weighted by Crippen LogP contribution is -2.29. The van der Waals surface area contributed by atoms with Crippen molar-refractivity contribution in [1.29, 1.82) is 0 Å². The van der Waals surface area contributed by atoms with Gasteiger partial charge in [0.25, 0.3) is 5.56 Å². The van der Waals surface area contributed by atoms with E-state index in [1.807, 2.05) is 0 Å². The molecule has 0 aromatic carbocycles. The Labute approximate surface area is 89.9 Å². The van der Waals surface area contributed by atoms with Crippen LogP contribution in [0, 0.1) is 0 Å². The summed E-state index contributed by atoms with van der Waals surface area (Å²) in [6, 6.07) is 1.09. The normalized spacial score (nSPS) is 13.8. The van der Waals surface area contributed by atoms with Crippen molar-refractivity contribution in [3.8, 4) is 0 Å². The van der Waals surface area contributed by atoms with Crippen LogP contribution in [0.25, 0.3) is 0 Å². The molecule has 0 spiro atoms. The summed E-state index contributed by atoms with van der Waals surface area (Å²) in [6.07, 6.45) is -4.15. The van der Waals surface area contributed by atoms with Crippen molar-refractivity contribution in [3.63, 3.8) is 0 Å². The zero-order valence-electron chi connectivity index (χ0n) is 8.66. The Morgan fingerprint density at radius 2 is 2.12 bits per heavy atom. The highest BCUT2D eigenvalue weighted by atomic mass is 19.4. The van der Waals surface area contributed by atoms with Crippen LogP contribution >= 0.6 is 0 Å². The third kappa shape index (κ3) is 2.82. The monoisotopic (exact) mass is 235 g/mol. The van der Waals surface area contributed by atoms with Gasteiger partial charge in [0, 0.05) is 6.07 Å². The zero-order valence-corrected chi connectivity index (χ0v) is 8.66. The minimum Gasteiger partial charge on any atom is -0.330 e. The molecule has 0 unspecified atom stereocenters. The molecule has 2 N–H and O–H groups in total. The SMILES string of the molecule is C[C@@H](CCN)n1nc(C(F)(F)F)ccc1=O. The zero-order chi connectivity index (χ0) is 12.3. The van der Waals surface area contributed by atoms with Crippen LogP contribution in [0.2, 0.25) is 0 Å². The number of hydrogen-bond acceptors (Lipinski definition) is 3. The maximum atomic E-state index is 12.3. The molecule has 0 radical (unpaired) electrons. The van der Waals surface area contributed by atoms with Gasteiger partial charge < -0.3 is 5.73 Å². The van der Waals surface area contributed by atoms with Gasteiger partial charge in [-0.15, -0.1) is 0 Å². The predicted octanol–water partition coefficient (Wildman–Crippen LogP) is 1.17. The first-order chi connectivity index (χ1) is 7.36. The first-order valence-electron chi connectivity index (χ1n) is 4.73. The van der Waals surface area contributed by atoms with E-state index in [4.69, 9.17) is 5.73 Å². The summed E-state index contributed by atoms with van der Waals surface area (Å²) in [5.41, 5.74) is 3.64. The molecule has 4 nitrogen and oxygen atoms in total. The van der Waals surface area contributed by atoms with E-state index in [0.717, 1.165) is 10.7 Å². The molecule has 0 saturated carbocycles. The number of halogens is 3. The number of rotatable bonds is 3. The Bertz CT molecular complexity index is 413. The number of hydrogen-bond donors (Lipinski definition) is 1. The predicted molar refractivity (Wildman–Crippen MR) is 51.9 cm³/mol. The second-order valence-electron chi connectivity index (χ2n) is 3.43. The third-order valence-corrected chi connectivity index (χ3v) is 2.12. The average molecular weight is 235 g/mol. The van der Waals surface area contributed by atoms with Crippen LogP contribution in [0.1, 0.15) is 25.1 Å². The molecule has 0 aliphatic rings. The van der Waals surface area contributed by atoms with E-state index in [-0.39, 0.29) is 6.54 Å². The van der Waals surface area contributed by atoms with Crippen molar-refractivity contribution in [2.45, 2.75) is 25.6 Å². The molecule has 0 amide bonds. The van der Waals surface area contributed by atoms with Crippen LogP contribution in [0.15, 0.2) is 16.9 Å². The molecular formula is C9H12F3N3O. The molecule has 0 saturated heterocycles. The van der Waals surface area contributed by atoms with Gasteiger partial charge in [-0.1, -0.05) is 0 Å². The molecule has 0 bridgehead atoms. The quantitative estimate of drug-likeness (QED) is 0.855. The van der Waals surface area contributed by atoms with E-state index in [0.29, 0.717) is 12.5 Å². The summed E-state index contributed by atoms with van der Waals surface area (Å²) in [6.45, 7) is 1.88. The van der Waals surface area contributed by atoms with E-state index >= 15 is 0 Å². The summed E-state index contributed by atoms with van der Waals surface area (Å²) in [4.78, 5) is 11.3. The fraction of sp³-hybridized carbons (Fsp3) is 0.556. The summed E-state index contributed by atoms with van der Waals surface area (Å²) >= 11 is 0. The number of nitrogens with zero attached hydrogens (tertiary/aromatic N) is 2. The van der Waals surface area contributed by atoms with Crippen molar-refractivity contribution in [1.82, 2.24) is 9.78 Å². The van der Waals surface area contributed by atoms with Gasteiger partial charge in [-0.2, -0.15) is 18.3 Å². The number of nitrogens with two attached hydrogens (primary N) is 1. The molecule has 90 valence electrons. The molecular weight excluding hydrogens is 223 g/mol. The maximum absolute atomic E-state index is 12.3. The lowest BCUT2D eigenvalue weighted by molar-refractivity contribution is -0.142. The molecule has 0 aliphatic heterocycles. The molecule has 1 aromatic heterocycles. The van der Waals surface area contributed by atoms with Gasteiger partial charge in [0.05, 0.1) is 6.04 Å². The summed E-state index contributed by atoms with van der Waals surface area (Å²) in [5, 5.41) is 3.29. The van der Waals surface area contributed by atoms with Gasteiger partial charge >= 0.3 is 6.18 Å². The van der Waals surface area contributed by atoms with Gasteiger partial charge in [0.2, 0.25) is 0 Å². The number of alkyl halides is 3. The van der Waals surface area contributed by atoms with E-state index < -0.39 is 23.5 Å². The molecule has 0 aliphatic carbocycles. The van der Waals surface area contributed by atoms with Crippen molar-refractivity contribution in [2.75, 3.05) is 6.54 Å². The fourth-order valence-electron chi connectivity index (χ4n) is 1.26. The topological polar surface area (TPSA) is 60.9 Å².